The minimum absolute atomic E-state index is 0.122. The largest absolute Gasteiger partial charge is 0.491 e. The first-order valence-corrected chi connectivity index (χ1v) is 10.0. The Hall–Kier alpha value is -2.56. The summed E-state index contributed by atoms with van der Waals surface area (Å²) in [5, 5.41) is 3.20. The van der Waals surface area contributed by atoms with Gasteiger partial charge < -0.3 is 15.0 Å². The molecule has 0 spiro atoms. The predicted octanol–water partition coefficient (Wildman–Crippen LogP) is 4.49. The van der Waals surface area contributed by atoms with Crippen LogP contribution in [-0.4, -0.2) is 43.0 Å². The molecule has 1 amide bonds. The standard InChI is InChI=1S/C19H18F5N3O2S/c1-29-17-13(4-3-12(20)16(17)21)27-9-10(19(22,23)24)7-14(27)18(28)26-11-5-6-25-15(8-11)30-2/h3-6,8,10,14H,7,9H2,1-2H3,(H,25,26,28). The van der Waals surface area contributed by atoms with E-state index in [2.05, 4.69) is 10.3 Å². The monoisotopic (exact) mass is 447 g/mol. The number of thioether (sulfide) groups is 1. The van der Waals surface area contributed by atoms with Crippen molar-refractivity contribution in [3.05, 3.63) is 42.1 Å². The lowest BCUT2D eigenvalue weighted by Gasteiger charge is -2.27. The maximum absolute atomic E-state index is 14.1. The molecule has 11 heteroatoms. The van der Waals surface area contributed by atoms with Crippen molar-refractivity contribution in [3.63, 3.8) is 0 Å². The van der Waals surface area contributed by atoms with Crippen molar-refractivity contribution < 1.29 is 31.5 Å². The number of rotatable bonds is 5. The molecule has 30 heavy (non-hydrogen) atoms. The minimum Gasteiger partial charge on any atom is -0.491 e. The molecule has 162 valence electrons. The van der Waals surface area contributed by atoms with Crippen LogP contribution in [0, 0.1) is 17.6 Å². The molecule has 1 N–H and O–H groups in total. The number of nitrogens with one attached hydrogen (secondary N) is 1. The number of carbonyl (C=O) groups is 1. The Balaban J connectivity index is 1.95. The number of hydrogen-bond acceptors (Lipinski definition) is 5. The van der Waals surface area contributed by atoms with E-state index in [1.54, 1.807) is 12.3 Å². The zero-order chi connectivity index (χ0) is 22.1. The number of aromatic nitrogens is 1. The first-order valence-electron chi connectivity index (χ1n) is 8.82. The highest BCUT2D eigenvalue weighted by molar-refractivity contribution is 7.98. The quantitative estimate of drug-likeness (QED) is 0.541. The topological polar surface area (TPSA) is 54.5 Å². The molecule has 2 atom stereocenters. The van der Waals surface area contributed by atoms with E-state index in [9.17, 15) is 26.7 Å². The zero-order valence-electron chi connectivity index (χ0n) is 16.0. The average molecular weight is 447 g/mol. The summed E-state index contributed by atoms with van der Waals surface area (Å²) in [4.78, 5) is 18.0. The average Bonchev–Trinajstić information content (AvgIpc) is 3.16. The third kappa shape index (κ3) is 4.45. The molecule has 2 heterocycles. The SMILES string of the molecule is COc1c(N2CC(C(F)(F)F)CC2C(=O)Nc2ccnc(SC)c2)ccc(F)c1F. The van der Waals surface area contributed by atoms with Crippen LogP contribution in [0.5, 0.6) is 5.75 Å². The van der Waals surface area contributed by atoms with Crippen LogP contribution in [0.25, 0.3) is 0 Å². The molecular formula is C19H18F5N3O2S. The lowest BCUT2D eigenvalue weighted by molar-refractivity contribution is -0.168. The van der Waals surface area contributed by atoms with Crippen LogP contribution in [0.15, 0.2) is 35.5 Å². The van der Waals surface area contributed by atoms with Crippen LogP contribution < -0.4 is 15.0 Å². The Morgan fingerprint density at radius 1 is 1.30 bits per heavy atom. The Bertz CT molecular complexity index is 941. The van der Waals surface area contributed by atoms with Gasteiger partial charge in [0.05, 0.1) is 23.7 Å². The molecule has 1 aromatic heterocycles. The van der Waals surface area contributed by atoms with Crippen LogP contribution in [0.2, 0.25) is 0 Å². The van der Waals surface area contributed by atoms with Crippen molar-refractivity contribution in [2.24, 2.45) is 5.92 Å². The van der Waals surface area contributed by atoms with E-state index in [0.29, 0.717) is 10.7 Å². The Labute approximate surface area is 173 Å². The van der Waals surface area contributed by atoms with Crippen LogP contribution in [0.4, 0.5) is 33.3 Å². The van der Waals surface area contributed by atoms with Crippen LogP contribution in [0.1, 0.15) is 6.42 Å². The zero-order valence-corrected chi connectivity index (χ0v) is 16.8. The molecule has 0 radical (unpaired) electrons. The van der Waals surface area contributed by atoms with Gasteiger partial charge in [-0.3, -0.25) is 4.79 Å². The van der Waals surface area contributed by atoms with E-state index in [0.717, 1.165) is 24.1 Å². The molecule has 0 aliphatic carbocycles. The van der Waals surface area contributed by atoms with Gasteiger partial charge >= 0.3 is 6.18 Å². The lowest BCUT2D eigenvalue weighted by Crippen LogP contribution is -2.40. The second kappa shape index (κ2) is 8.66. The summed E-state index contributed by atoms with van der Waals surface area (Å²) < 4.78 is 72.8. The molecule has 0 saturated carbocycles. The first kappa shape index (κ1) is 22.1. The number of carbonyl (C=O) groups excluding carboxylic acids is 1. The smallest absolute Gasteiger partial charge is 0.393 e. The fraction of sp³-hybridized carbons (Fsp3) is 0.368. The van der Waals surface area contributed by atoms with Gasteiger partial charge in [-0.05, 0) is 36.9 Å². The van der Waals surface area contributed by atoms with Gasteiger partial charge in [0.1, 0.15) is 6.04 Å². The Kier molecular flexibility index (Phi) is 6.39. The maximum atomic E-state index is 14.1. The number of benzene rings is 1. The first-order chi connectivity index (χ1) is 14.2. The minimum atomic E-state index is -4.55. The van der Waals surface area contributed by atoms with E-state index in [-0.39, 0.29) is 5.69 Å². The number of amides is 1. The molecule has 5 nitrogen and oxygen atoms in total. The maximum Gasteiger partial charge on any atom is 0.393 e. The molecule has 1 fully saturated rings. The van der Waals surface area contributed by atoms with Crippen molar-refractivity contribution in [1.29, 1.82) is 0 Å². The third-order valence-electron chi connectivity index (χ3n) is 4.82. The Morgan fingerprint density at radius 3 is 2.67 bits per heavy atom. The molecule has 1 aliphatic heterocycles. The van der Waals surface area contributed by atoms with Gasteiger partial charge in [-0.2, -0.15) is 17.6 Å². The predicted molar refractivity (Wildman–Crippen MR) is 103 cm³/mol. The number of methoxy groups -OCH3 is 1. The summed E-state index contributed by atoms with van der Waals surface area (Å²) in [5.74, 6) is -5.60. The summed E-state index contributed by atoms with van der Waals surface area (Å²) in [7, 11) is 1.08. The van der Waals surface area contributed by atoms with Gasteiger partial charge in [0.15, 0.2) is 11.6 Å². The number of ether oxygens (including phenoxy) is 1. The summed E-state index contributed by atoms with van der Waals surface area (Å²) in [6.45, 7) is -0.588. The lowest BCUT2D eigenvalue weighted by atomic mass is 10.0. The number of hydrogen-bond donors (Lipinski definition) is 1. The highest BCUT2D eigenvalue weighted by Crippen LogP contribution is 2.43. The third-order valence-corrected chi connectivity index (χ3v) is 5.46. The van der Waals surface area contributed by atoms with E-state index in [1.807, 2.05) is 0 Å². The number of nitrogens with zero attached hydrogens (tertiary/aromatic N) is 2. The van der Waals surface area contributed by atoms with Crippen molar-refractivity contribution in [2.75, 3.05) is 30.1 Å². The molecule has 3 rings (SSSR count). The molecular weight excluding hydrogens is 429 g/mol. The number of halogens is 5. The van der Waals surface area contributed by atoms with Gasteiger partial charge in [0, 0.05) is 18.4 Å². The van der Waals surface area contributed by atoms with Gasteiger partial charge in [0.2, 0.25) is 11.7 Å². The van der Waals surface area contributed by atoms with Gasteiger partial charge in [-0.15, -0.1) is 11.8 Å². The number of anilines is 2. The molecule has 1 saturated heterocycles. The van der Waals surface area contributed by atoms with Crippen LogP contribution >= 0.6 is 11.8 Å². The van der Waals surface area contributed by atoms with Crippen molar-refractivity contribution >= 4 is 29.0 Å². The Morgan fingerprint density at radius 2 is 2.03 bits per heavy atom. The summed E-state index contributed by atoms with van der Waals surface area (Å²) >= 11 is 1.34. The molecule has 2 unspecified atom stereocenters. The van der Waals surface area contributed by atoms with E-state index in [4.69, 9.17) is 4.74 Å². The van der Waals surface area contributed by atoms with Crippen molar-refractivity contribution in [1.82, 2.24) is 4.98 Å². The second-order valence-corrected chi connectivity index (χ2v) is 7.46. The molecule has 1 aromatic carbocycles. The summed E-state index contributed by atoms with van der Waals surface area (Å²) in [6.07, 6.45) is -1.83. The number of alkyl halides is 3. The molecule has 2 aromatic rings. The van der Waals surface area contributed by atoms with E-state index < -0.39 is 54.4 Å². The fourth-order valence-corrected chi connectivity index (χ4v) is 3.77. The van der Waals surface area contributed by atoms with E-state index >= 15 is 0 Å². The summed E-state index contributed by atoms with van der Waals surface area (Å²) in [6, 6.07) is 3.73. The molecule has 0 bridgehead atoms. The summed E-state index contributed by atoms with van der Waals surface area (Å²) in [5.41, 5.74) is 0.245. The normalized spacial score (nSPS) is 19.1. The van der Waals surface area contributed by atoms with Gasteiger partial charge in [-0.1, -0.05) is 0 Å². The van der Waals surface area contributed by atoms with Crippen molar-refractivity contribution in [3.8, 4) is 5.75 Å². The van der Waals surface area contributed by atoms with Crippen LogP contribution in [-0.2, 0) is 4.79 Å². The van der Waals surface area contributed by atoms with Gasteiger partial charge in [-0.25, -0.2) is 9.37 Å². The highest BCUT2D eigenvalue weighted by Gasteiger charge is 2.50. The number of pyridine rings is 1. The van der Waals surface area contributed by atoms with Crippen LogP contribution in [0.3, 0.4) is 0 Å². The van der Waals surface area contributed by atoms with Crippen molar-refractivity contribution in [2.45, 2.75) is 23.7 Å². The molecule has 1 aliphatic rings. The highest BCUT2D eigenvalue weighted by atomic mass is 32.2. The second-order valence-electron chi connectivity index (χ2n) is 6.63. The fourth-order valence-electron chi connectivity index (χ4n) is 3.35. The van der Waals surface area contributed by atoms with Gasteiger partial charge in [0.25, 0.3) is 0 Å². The van der Waals surface area contributed by atoms with E-state index in [1.165, 1.54) is 24.0 Å².